The van der Waals surface area contributed by atoms with E-state index >= 15 is 0 Å². The third-order valence-electron chi connectivity index (χ3n) is 4.83. The highest BCUT2D eigenvalue weighted by Gasteiger charge is 2.37. The number of benzene rings is 1. The minimum Gasteiger partial charge on any atom is -0.394 e. The van der Waals surface area contributed by atoms with Crippen LogP contribution in [-0.2, 0) is 12.6 Å². The van der Waals surface area contributed by atoms with Crippen LogP contribution in [0.15, 0.2) is 41.2 Å². The van der Waals surface area contributed by atoms with E-state index in [0.29, 0.717) is 18.4 Å². The van der Waals surface area contributed by atoms with Crippen molar-refractivity contribution in [3.63, 3.8) is 0 Å². The predicted octanol–water partition coefficient (Wildman–Crippen LogP) is 2.90. The van der Waals surface area contributed by atoms with Gasteiger partial charge in [-0.25, -0.2) is 0 Å². The molecule has 1 heterocycles. The standard InChI is InChI=1S/C19H19F3N2O3/c1-11(10-25)24(18(27)15-3-2-4-17(26)23-15)16-8-6-12-5-7-13(9-14(12)16)19(20,21)22/h2-5,7,9,11,16,25H,6,8,10H2,1H3,(H,23,26). The summed E-state index contributed by atoms with van der Waals surface area (Å²) in [4.78, 5) is 28.3. The molecular formula is C19H19F3N2O3. The average molecular weight is 380 g/mol. The molecule has 2 aromatic rings. The topological polar surface area (TPSA) is 73.4 Å². The summed E-state index contributed by atoms with van der Waals surface area (Å²) in [5.74, 6) is -0.537. The first-order valence-electron chi connectivity index (χ1n) is 8.55. The van der Waals surface area contributed by atoms with Crippen molar-refractivity contribution in [3.8, 4) is 0 Å². The molecule has 1 aromatic heterocycles. The molecule has 0 saturated carbocycles. The first kappa shape index (κ1) is 19.2. The highest BCUT2D eigenvalue weighted by molar-refractivity contribution is 5.92. The number of aliphatic hydroxyl groups is 1. The maximum absolute atomic E-state index is 13.1. The van der Waals surface area contributed by atoms with Gasteiger partial charge in [0.2, 0.25) is 5.56 Å². The highest BCUT2D eigenvalue weighted by Crippen LogP contribution is 2.40. The third kappa shape index (κ3) is 3.75. The molecule has 1 amide bonds. The van der Waals surface area contributed by atoms with Gasteiger partial charge in [0.1, 0.15) is 5.69 Å². The molecule has 1 aliphatic carbocycles. The number of hydrogen-bond donors (Lipinski definition) is 2. The van der Waals surface area contributed by atoms with Gasteiger partial charge in [0.25, 0.3) is 5.91 Å². The van der Waals surface area contributed by atoms with Crippen molar-refractivity contribution in [2.45, 2.75) is 38.0 Å². The van der Waals surface area contributed by atoms with Crippen LogP contribution in [0.4, 0.5) is 13.2 Å². The Morgan fingerprint density at radius 3 is 2.70 bits per heavy atom. The lowest BCUT2D eigenvalue weighted by atomic mass is 10.0. The van der Waals surface area contributed by atoms with Crippen molar-refractivity contribution in [2.75, 3.05) is 6.61 Å². The van der Waals surface area contributed by atoms with Crippen LogP contribution in [0.1, 0.15) is 46.6 Å². The molecule has 0 fully saturated rings. The maximum Gasteiger partial charge on any atom is 0.416 e. The van der Waals surface area contributed by atoms with Gasteiger partial charge in [0.05, 0.1) is 24.3 Å². The van der Waals surface area contributed by atoms with Crippen molar-refractivity contribution < 1.29 is 23.1 Å². The van der Waals surface area contributed by atoms with Crippen molar-refractivity contribution >= 4 is 5.91 Å². The Kier molecular flexibility index (Phi) is 5.10. The molecule has 144 valence electrons. The highest BCUT2D eigenvalue weighted by atomic mass is 19.4. The molecule has 0 spiro atoms. The second-order valence-corrected chi connectivity index (χ2v) is 6.64. The van der Waals surface area contributed by atoms with Crippen molar-refractivity contribution in [3.05, 3.63) is 69.1 Å². The molecule has 0 saturated heterocycles. The molecule has 1 aliphatic rings. The smallest absolute Gasteiger partial charge is 0.394 e. The minimum absolute atomic E-state index is 0.0308. The van der Waals surface area contributed by atoms with Gasteiger partial charge in [-0.3, -0.25) is 9.59 Å². The monoisotopic (exact) mass is 380 g/mol. The van der Waals surface area contributed by atoms with Crippen molar-refractivity contribution in [2.24, 2.45) is 0 Å². The number of aromatic amines is 1. The summed E-state index contributed by atoms with van der Waals surface area (Å²) in [6.07, 6.45) is -3.50. The number of aryl methyl sites for hydroxylation is 1. The fraction of sp³-hybridized carbons (Fsp3) is 0.368. The van der Waals surface area contributed by atoms with Crippen molar-refractivity contribution in [1.82, 2.24) is 9.88 Å². The van der Waals surface area contributed by atoms with E-state index in [0.717, 1.165) is 17.7 Å². The summed E-state index contributed by atoms with van der Waals surface area (Å²) < 4.78 is 39.4. The molecule has 3 rings (SSSR count). The number of H-pyrrole nitrogens is 1. The van der Waals surface area contributed by atoms with Gasteiger partial charge in [-0.2, -0.15) is 13.2 Å². The first-order chi connectivity index (χ1) is 12.7. The lowest BCUT2D eigenvalue weighted by molar-refractivity contribution is -0.137. The van der Waals surface area contributed by atoms with Gasteiger partial charge in [-0.15, -0.1) is 0 Å². The lowest BCUT2D eigenvalue weighted by Crippen LogP contribution is -2.43. The van der Waals surface area contributed by atoms with Gasteiger partial charge in [-0.05, 0) is 49.1 Å². The normalized spacial score (nSPS) is 17.4. The van der Waals surface area contributed by atoms with Crippen molar-refractivity contribution in [1.29, 1.82) is 0 Å². The minimum atomic E-state index is -4.48. The van der Waals surface area contributed by atoms with E-state index in [1.165, 1.54) is 29.2 Å². The number of alkyl halides is 3. The molecule has 2 N–H and O–H groups in total. The number of carbonyl (C=O) groups excluding carboxylic acids is 1. The number of aliphatic hydroxyl groups excluding tert-OH is 1. The molecule has 27 heavy (non-hydrogen) atoms. The van der Waals surface area contributed by atoms with E-state index in [9.17, 15) is 27.9 Å². The Bertz CT molecular complexity index is 908. The van der Waals surface area contributed by atoms with E-state index < -0.39 is 35.3 Å². The molecule has 8 heteroatoms. The number of nitrogens with zero attached hydrogens (tertiary/aromatic N) is 1. The van der Waals surface area contributed by atoms with Crippen LogP contribution in [0.3, 0.4) is 0 Å². The van der Waals surface area contributed by atoms with Gasteiger partial charge >= 0.3 is 6.18 Å². The SMILES string of the molecule is CC(CO)N(C(=O)c1cccc(=O)[nH]1)C1CCc2ccc(C(F)(F)F)cc21. The quantitative estimate of drug-likeness (QED) is 0.857. The summed E-state index contributed by atoms with van der Waals surface area (Å²) in [7, 11) is 0. The summed E-state index contributed by atoms with van der Waals surface area (Å²) in [5, 5.41) is 9.60. The Morgan fingerprint density at radius 2 is 2.07 bits per heavy atom. The number of nitrogens with one attached hydrogen (secondary N) is 1. The predicted molar refractivity (Wildman–Crippen MR) is 92.3 cm³/mol. The van der Waals surface area contributed by atoms with Gasteiger partial charge in [0.15, 0.2) is 0 Å². The molecule has 0 radical (unpaired) electrons. The Morgan fingerprint density at radius 1 is 1.33 bits per heavy atom. The number of carbonyl (C=O) groups is 1. The van der Waals surface area contributed by atoms with Crippen LogP contribution in [0, 0.1) is 0 Å². The number of aromatic nitrogens is 1. The summed E-state index contributed by atoms with van der Waals surface area (Å²) in [5.41, 5.74) is -0.0218. The lowest BCUT2D eigenvalue weighted by Gasteiger charge is -2.34. The molecular weight excluding hydrogens is 361 g/mol. The zero-order valence-electron chi connectivity index (χ0n) is 14.6. The largest absolute Gasteiger partial charge is 0.416 e. The van der Waals surface area contributed by atoms with E-state index in [2.05, 4.69) is 4.98 Å². The van der Waals surface area contributed by atoms with Crippen LogP contribution in [-0.4, -0.2) is 33.5 Å². The fourth-order valence-corrected chi connectivity index (χ4v) is 3.49. The average Bonchev–Trinajstić information content (AvgIpc) is 3.04. The molecule has 0 bridgehead atoms. The zero-order valence-corrected chi connectivity index (χ0v) is 14.6. The van der Waals surface area contributed by atoms with Crippen LogP contribution in [0.5, 0.6) is 0 Å². The summed E-state index contributed by atoms with van der Waals surface area (Å²) in [6, 6.07) is 6.43. The van der Waals surface area contributed by atoms with E-state index in [1.54, 1.807) is 6.92 Å². The number of halogens is 3. The molecule has 1 aromatic carbocycles. The van der Waals surface area contributed by atoms with Gasteiger partial charge in [-0.1, -0.05) is 12.1 Å². The van der Waals surface area contributed by atoms with E-state index in [4.69, 9.17) is 0 Å². The van der Waals surface area contributed by atoms with E-state index in [-0.39, 0.29) is 12.3 Å². The Hall–Kier alpha value is -2.61. The third-order valence-corrected chi connectivity index (χ3v) is 4.83. The molecule has 2 unspecified atom stereocenters. The molecule has 2 atom stereocenters. The molecule has 5 nitrogen and oxygen atoms in total. The number of hydrogen-bond acceptors (Lipinski definition) is 3. The summed E-state index contributed by atoms with van der Waals surface area (Å²) in [6.45, 7) is 1.26. The zero-order chi connectivity index (χ0) is 19.8. The second kappa shape index (κ2) is 7.19. The van der Waals surface area contributed by atoms with Crippen LogP contribution >= 0.6 is 0 Å². The molecule has 0 aliphatic heterocycles. The number of amides is 1. The van der Waals surface area contributed by atoms with Gasteiger partial charge < -0.3 is 15.0 Å². The second-order valence-electron chi connectivity index (χ2n) is 6.64. The van der Waals surface area contributed by atoms with Crippen LogP contribution < -0.4 is 5.56 Å². The van der Waals surface area contributed by atoms with E-state index in [1.807, 2.05) is 0 Å². The number of rotatable bonds is 4. The Labute approximate surface area is 153 Å². The van der Waals surface area contributed by atoms with Gasteiger partial charge in [0, 0.05) is 6.07 Å². The number of fused-ring (bicyclic) bond motifs is 1. The van der Waals surface area contributed by atoms with Crippen LogP contribution in [0.25, 0.3) is 0 Å². The first-order valence-corrected chi connectivity index (χ1v) is 8.55. The maximum atomic E-state index is 13.1. The van der Waals surface area contributed by atoms with Crippen LogP contribution in [0.2, 0.25) is 0 Å². The summed E-state index contributed by atoms with van der Waals surface area (Å²) >= 11 is 0. The number of pyridine rings is 1. The Balaban J connectivity index is 2.04. The fourth-order valence-electron chi connectivity index (χ4n) is 3.49.